The summed E-state index contributed by atoms with van der Waals surface area (Å²) in [4.78, 5) is 10.9. The second-order valence-corrected chi connectivity index (χ2v) is 7.13. The summed E-state index contributed by atoms with van der Waals surface area (Å²) in [5.74, 6) is 0.873. The van der Waals surface area contributed by atoms with Crippen LogP contribution in [0.2, 0.25) is 0 Å². The van der Waals surface area contributed by atoms with Gasteiger partial charge in [-0.15, -0.1) is 11.8 Å². The minimum Gasteiger partial charge on any atom is -0.480 e. The number of hydrogen-bond donors (Lipinski definition) is 1. The molecule has 0 rings (SSSR count). The van der Waals surface area contributed by atoms with Gasteiger partial charge in [0.2, 0.25) is 0 Å². The number of rotatable bonds is 8. The van der Waals surface area contributed by atoms with Gasteiger partial charge in [0.05, 0.1) is 0 Å². The Bertz CT molecular complexity index is 265. The predicted octanol–water partition coefficient (Wildman–Crippen LogP) is 4.36. The summed E-state index contributed by atoms with van der Waals surface area (Å²) in [6, 6.07) is 0. The molecule has 3 heteroatoms. The van der Waals surface area contributed by atoms with Crippen molar-refractivity contribution in [2.45, 2.75) is 58.6 Å². The van der Waals surface area contributed by atoms with Gasteiger partial charge in [-0.1, -0.05) is 18.6 Å². The van der Waals surface area contributed by atoms with E-state index in [1.54, 1.807) is 13.8 Å². The summed E-state index contributed by atoms with van der Waals surface area (Å²) >= 11 is 1.54. The van der Waals surface area contributed by atoms with Crippen LogP contribution in [0.15, 0.2) is 11.6 Å². The van der Waals surface area contributed by atoms with Crippen molar-refractivity contribution in [1.82, 2.24) is 0 Å². The molecule has 0 radical (unpaired) electrons. The molecule has 1 atom stereocenters. The number of carboxylic acids is 1. The van der Waals surface area contributed by atoms with E-state index in [2.05, 4.69) is 26.8 Å². The molecule has 1 unspecified atom stereocenters. The Morgan fingerprint density at radius 2 is 1.94 bits per heavy atom. The molecule has 1 N–H and O–H groups in total. The molecule has 0 aliphatic rings. The monoisotopic (exact) mass is 258 g/mol. The fourth-order valence-electron chi connectivity index (χ4n) is 1.38. The summed E-state index contributed by atoms with van der Waals surface area (Å²) in [5, 5.41) is 8.98. The van der Waals surface area contributed by atoms with Crippen molar-refractivity contribution in [1.29, 1.82) is 0 Å². The molecule has 0 aromatic carbocycles. The Balaban J connectivity index is 3.75. The van der Waals surface area contributed by atoms with Gasteiger partial charge in [0.1, 0.15) is 4.75 Å². The molecule has 0 saturated carbocycles. The molecule has 0 aromatic rings. The zero-order valence-corrected chi connectivity index (χ0v) is 12.6. The van der Waals surface area contributed by atoms with Crippen LogP contribution < -0.4 is 0 Å². The van der Waals surface area contributed by atoms with Crippen molar-refractivity contribution in [3.8, 4) is 0 Å². The van der Waals surface area contributed by atoms with Gasteiger partial charge in [0.15, 0.2) is 0 Å². The van der Waals surface area contributed by atoms with Gasteiger partial charge >= 0.3 is 5.97 Å². The van der Waals surface area contributed by atoms with E-state index in [-0.39, 0.29) is 0 Å². The van der Waals surface area contributed by atoms with Gasteiger partial charge in [0, 0.05) is 0 Å². The van der Waals surface area contributed by atoms with Crippen LogP contribution in [0.5, 0.6) is 0 Å². The van der Waals surface area contributed by atoms with Crippen molar-refractivity contribution in [2.24, 2.45) is 5.92 Å². The summed E-state index contributed by atoms with van der Waals surface area (Å²) in [5.41, 5.74) is 1.37. The maximum absolute atomic E-state index is 10.9. The Morgan fingerprint density at radius 3 is 2.41 bits per heavy atom. The molecule has 0 bridgehead atoms. The van der Waals surface area contributed by atoms with Crippen LogP contribution in [0.3, 0.4) is 0 Å². The van der Waals surface area contributed by atoms with Crippen molar-refractivity contribution < 1.29 is 9.90 Å². The first-order valence-electron chi connectivity index (χ1n) is 6.26. The summed E-state index contributed by atoms with van der Waals surface area (Å²) in [6.07, 6.45) is 5.69. The average molecular weight is 258 g/mol. The lowest BCUT2D eigenvalue weighted by Gasteiger charge is -2.19. The van der Waals surface area contributed by atoms with E-state index in [9.17, 15) is 4.79 Å². The highest BCUT2D eigenvalue weighted by Gasteiger charge is 2.27. The van der Waals surface area contributed by atoms with Crippen LogP contribution in [0.25, 0.3) is 0 Å². The molecule has 0 aliphatic heterocycles. The molecule has 0 aliphatic carbocycles. The van der Waals surface area contributed by atoms with Crippen molar-refractivity contribution in [2.75, 3.05) is 5.75 Å². The highest BCUT2D eigenvalue weighted by Crippen LogP contribution is 2.27. The molecular weight excluding hydrogens is 232 g/mol. The van der Waals surface area contributed by atoms with E-state index < -0.39 is 10.7 Å². The van der Waals surface area contributed by atoms with Crippen molar-refractivity contribution >= 4 is 17.7 Å². The van der Waals surface area contributed by atoms with Crippen LogP contribution in [-0.4, -0.2) is 21.6 Å². The lowest BCUT2D eigenvalue weighted by Crippen LogP contribution is -2.27. The number of hydrogen-bond acceptors (Lipinski definition) is 2. The van der Waals surface area contributed by atoms with Gasteiger partial charge in [0.25, 0.3) is 0 Å². The normalized spacial score (nSPS) is 13.2. The summed E-state index contributed by atoms with van der Waals surface area (Å²) in [7, 11) is 0. The van der Waals surface area contributed by atoms with Crippen LogP contribution in [0, 0.1) is 5.92 Å². The maximum Gasteiger partial charge on any atom is 0.319 e. The van der Waals surface area contributed by atoms with E-state index in [1.807, 2.05) is 0 Å². The van der Waals surface area contributed by atoms with Crippen molar-refractivity contribution in [3.63, 3.8) is 0 Å². The number of thioether (sulfide) groups is 1. The molecule has 2 nitrogen and oxygen atoms in total. The number of allylic oxidation sites excluding steroid dienone is 2. The molecule has 0 amide bonds. The molecule has 0 spiro atoms. The highest BCUT2D eigenvalue weighted by atomic mass is 32.2. The summed E-state index contributed by atoms with van der Waals surface area (Å²) < 4.78 is -0.653. The lowest BCUT2D eigenvalue weighted by atomic mass is 10.0. The third-order valence-corrected chi connectivity index (χ3v) is 4.14. The summed E-state index contributed by atoms with van der Waals surface area (Å²) in [6.45, 7) is 10.0. The van der Waals surface area contributed by atoms with Gasteiger partial charge in [-0.3, -0.25) is 4.79 Å². The van der Waals surface area contributed by atoms with Gasteiger partial charge in [-0.2, -0.15) is 0 Å². The molecule has 0 fully saturated rings. The van der Waals surface area contributed by atoms with E-state index in [0.29, 0.717) is 5.92 Å². The molecule has 17 heavy (non-hydrogen) atoms. The minimum atomic E-state index is -0.723. The van der Waals surface area contributed by atoms with E-state index in [1.165, 1.54) is 23.8 Å². The SMILES string of the molecule is CC(C)=CCCC(C)CCSC(C)(C)C(=O)O. The Kier molecular flexibility index (Phi) is 7.60. The van der Waals surface area contributed by atoms with Gasteiger partial charge in [-0.05, 0) is 58.6 Å². The third kappa shape index (κ3) is 8.31. The fraction of sp³-hybridized carbons (Fsp3) is 0.786. The first-order valence-corrected chi connectivity index (χ1v) is 7.25. The fourth-order valence-corrected chi connectivity index (χ4v) is 2.53. The van der Waals surface area contributed by atoms with E-state index in [0.717, 1.165) is 18.6 Å². The molecular formula is C14H26O2S. The van der Waals surface area contributed by atoms with Gasteiger partial charge < -0.3 is 5.11 Å². The molecule has 0 heterocycles. The number of carboxylic acid groups (broad SMARTS) is 1. The zero-order chi connectivity index (χ0) is 13.5. The highest BCUT2D eigenvalue weighted by molar-refractivity contribution is 8.01. The Morgan fingerprint density at radius 1 is 1.35 bits per heavy atom. The smallest absolute Gasteiger partial charge is 0.319 e. The van der Waals surface area contributed by atoms with Crippen LogP contribution in [-0.2, 0) is 4.79 Å². The quantitative estimate of drug-likeness (QED) is 0.657. The first kappa shape index (κ1) is 16.6. The molecule has 100 valence electrons. The van der Waals surface area contributed by atoms with Crippen LogP contribution in [0.1, 0.15) is 53.9 Å². The topological polar surface area (TPSA) is 37.3 Å². The first-order chi connectivity index (χ1) is 7.75. The lowest BCUT2D eigenvalue weighted by molar-refractivity contribution is -0.138. The minimum absolute atomic E-state index is 0.653. The maximum atomic E-state index is 10.9. The Labute approximate surface area is 110 Å². The van der Waals surface area contributed by atoms with Gasteiger partial charge in [-0.25, -0.2) is 0 Å². The molecule has 0 saturated heterocycles. The Hall–Kier alpha value is -0.440. The number of aliphatic carboxylic acids is 1. The zero-order valence-electron chi connectivity index (χ0n) is 11.7. The molecule has 0 aromatic heterocycles. The standard InChI is InChI=1S/C14H26O2S/c1-11(2)7-6-8-12(3)9-10-17-14(4,5)13(15)16/h7,12H,6,8-10H2,1-5H3,(H,15,16). The predicted molar refractivity (Wildman–Crippen MR) is 76.6 cm³/mol. The van der Waals surface area contributed by atoms with E-state index in [4.69, 9.17) is 5.11 Å². The van der Waals surface area contributed by atoms with Crippen LogP contribution in [0.4, 0.5) is 0 Å². The third-order valence-electron chi connectivity index (χ3n) is 2.80. The van der Waals surface area contributed by atoms with E-state index >= 15 is 0 Å². The second-order valence-electron chi connectivity index (χ2n) is 5.42. The van der Waals surface area contributed by atoms with Crippen molar-refractivity contribution in [3.05, 3.63) is 11.6 Å². The largest absolute Gasteiger partial charge is 0.480 e. The average Bonchev–Trinajstić information content (AvgIpc) is 2.16. The number of carbonyl (C=O) groups is 1. The second kappa shape index (κ2) is 7.80. The van der Waals surface area contributed by atoms with Crippen LogP contribution >= 0.6 is 11.8 Å².